The number of carbonyl (C=O) groups is 1. The van der Waals surface area contributed by atoms with Crippen LogP contribution < -0.4 is 5.56 Å². The molecule has 0 aromatic carbocycles. The minimum Gasteiger partial charge on any atom is -0.337 e. The molecule has 27 heavy (non-hydrogen) atoms. The average molecular weight is 371 g/mol. The highest BCUT2D eigenvalue weighted by molar-refractivity contribution is 5.92. The molecule has 3 rings (SSSR count). The molecule has 0 spiro atoms. The molecule has 1 amide bonds. The Hall–Kier alpha value is -2.44. The van der Waals surface area contributed by atoms with E-state index in [-0.39, 0.29) is 16.9 Å². The number of amides is 1. The summed E-state index contributed by atoms with van der Waals surface area (Å²) in [6, 6.07) is 3.47. The second-order valence-corrected chi connectivity index (χ2v) is 8.54. The van der Waals surface area contributed by atoms with Crippen molar-refractivity contribution < 1.29 is 4.79 Å². The summed E-state index contributed by atoms with van der Waals surface area (Å²) in [5.41, 5.74) is 2.16. The number of nitrogens with zero attached hydrogens (tertiary/aromatic N) is 5. The topological polar surface area (TPSA) is 73.0 Å². The maximum atomic E-state index is 12.7. The van der Waals surface area contributed by atoms with E-state index in [1.807, 2.05) is 17.9 Å². The van der Waals surface area contributed by atoms with Gasteiger partial charge < -0.3 is 4.90 Å². The van der Waals surface area contributed by atoms with Crippen molar-refractivity contribution in [1.82, 2.24) is 24.2 Å². The fourth-order valence-corrected chi connectivity index (χ4v) is 3.54. The first-order valence-corrected chi connectivity index (χ1v) is 9.52. The number of aromatic nitrogens is 4. The van der Waals surface area contributed by atoms with Crippen LogP contribution in [-0.2, 0) is 19.0 Å². The quantitative estimate of drug-likeness (QED) is 0.829. The lowest BCUT2D eigenvalue weighted by molar-refractivity contribution is 0.0671. The van der Waals surface area contributed by atoms with Gasteiger partial charge in [0.25, 0.3) is 11.5 Å². The molecule has 1 aliphatic heterocycles. The Bertz CT molecular complexity index is 883. The van der Waals surface area contributed by atoms with Crippen LogP contribution in [0, 0.1) is 12.8 Å². The van der Waals surface area contributed by atoms with E-state index in [9.17, 15) is 9.59 Å². The summed E-state index contributed by atoms with van der Waals surface area (Å²) < 4.78 is 3.34. The minimum atomic E-state index is -0.131. The highest BCUT2D eigenvalue weighted by Gasteiger charge is 2.26. The molecular weight excluding hydrogens is 342 g/mol. The Morgan fingerprint density at radius 2 is 1.89 bits per heavy atom. The number of hydrogen-bond donors (Lipinski definition) is 0. The second kappa shape index (κ2) is 7.29. The molecule has 0 bridgehead atoms. The second-order valence-electron chi connectivity index (χ2n) is 8.54. The largest absolute Gasteiger partial charge is 0.337 e. The monoisotopic (exact) mass is 371 g/mol. The molecule has 0 radical (unpaired) electrons. The van der Waals surface area contributed by atoms with Gasteiger partial charge in [-0.25, -0.2) is 4.98 Å². The van der Waals surface area contributed by atoms with Crippen LogP contribution in [0.1, 0.15) is 55.5 Å². The van der Waals surface area contributed by atoms with E-state index in [1.54, 1.807) is 28.7 Å². The maximum Gasteiger partial charge on any atom is 0.272 e. The number of hydrogen-bond acceptors (Lipinski definition) is 4. The summed E-state index contributed by atoms with van der Waals surface area (Å²) in [6.07, 6.45) is 3.44. The van der Waals surface area contributed by atoms with E-state index >= 15 is 0 Å². The molecule has 0 unspecified atom stereocenters. The van der Waals surface area contributed by atoms with Crippen molar-refractivity contribution in [2.45, 2.75) is 52.5 Å². The molecule has 146 valence electrons. The van der Waals surface area contributed by atoms with Gasteiger partial charge in [0.05, 0.1) is 17.7 Å². The Morgan fingerprint density at radius 3 is 2.41 bits per heavy atom. The fourth-order valence-electron chi connectivity index (χ4n) is 3.54. The summed E-state index contributed by atoms with van der Waals surface area (Å²) in [4.78, 5) is 31.4. The van der Waals surface area contributed by atoms with Crippen LogP contribution in [0.2, 0.25) is 0 Å². The molecule has 1 aliphatic rings. The first kappa shape index (κ1) is 19.3. The molecule has 7 nitrogen and oxygen atoms in total. The van der Waals surface area contributed by atoms with Crippen LogP contribution in [0.25, 0.3) is 0 Å². The molecular formula is C20H29N5O2. The summed E-state index contributed by atoms with van der Waals surface area (Å²) in [5.74, 6) is 0.409. The molecule has 1 fully saturated rings. The standard InChI is InChI=1S/C20H29N5O2/c1-14-10-16(23(5)22-14)19(27)24-8-6-15(7-9-24)12-25-13-21-17(11-18(25)26)20(2,3)4/h10-11,13,15H,6-9,12H2,1-5H3. The minimum absolute atomic E-state index is 0.00112. The van der Waals surface area contributed by atoms with Crippen molar-refractivity contribution >= 4 is 5.91 Å². The number of rotatable bonds is 3. The fraction of sp³-hybridized carbons (Fsp3) is 0.600. The van der Waals surface area contributed by atoms with Crippen molar-refractivity contribution in [3.63, 3.8) is 0 Å². The van der Waals surface area contributed by atoms with Crippen LogP contribution >= 0.6 is 0 Å². The molecule has 1 saturated heterocycles. The highest BCUT2D eigenvalue weighted by Crippen LogP contribution is 2.21. The van der Waals surface area contributed by atoms with Gasteiger partial charge >= 0.3 is 0 Å². The third-order valence-corrected chi connectivity index (χ3v) is 5.23. The molecule has 2 aromatic heterocycles. The Morgan fingerprint density at radius 1 is 1.22 bits per heavy atom. The van der Waals surface area contributed by atoms with Crippen LogP contribution in [0.4, 0.5) is 0 Å². The summed E-state index contributed by atoms with van der Waals surface area (Å²) in [5, 5.41) is 4.26. The van der Waals surface area contributed by atoms with Crippen LogP contribution in [0.15, 0.2) is 23.3 Å². The number of aryl methyl sites for hydroxylation is 2. The zero-order valence-electron chi connectivity index (χ0n) is 16.9. The van der Waals surface area contributed by atoms with Gasteiger partial charge in [-0.15, -0.1) is 0 Å². The van der Waals surface area contributed by atoms with E-state index in [1.165, 1.54) is 0 Å². The molecule has 0 saturated carbocycles. The maximum absolute atomic E-state index is 12.7. The average Bonchev–Trinajstić information content (AvgIpc) is 2.94. The number of carbonyl (C=O) groups excluding carboxylic acids is 1. The lowest BCUT2D eigenvalue weighted by atomic mass is 9.92. The number of piperidine rings is 1. The summed E-state index contributed by atoms with van der Waals surface area (Å²) in [6.45, 7) is 10.1. The Labute approximate surface area is 160 Å². The zero-order chi connectivity index (χ0) is 19.8. The molecule has 0 N–H and O–H groups in total. The van der Waals surface area contributed by atoms with Gasteiger partial charge in [-0.2, -0.15) is 5.10 Å². The smallest absolute Gasteiger partial charge is 0.272 e. The SMILES string of the molecule is Cc1cc(C(=O)N2CCC(Cn3cnc(C(C)(C)C)cc3=O)CC2)n(C)n1. The Balaban J connectivity index is 1.61. The molecule has 0 atom stereocenters. The van der Waals surface area contributed by atoms with Gasteiger partial charge in [-0.1, -0.05) is 20.8 Å². The first-order valence-electron chi connectivity index (χ1n) is 9.52. The lowest BCUT2D eigenvalue weighted by Gasteiger charge is -2.32. The first-order chi connectivity index (χ1) is 12.6. The lowest BCUT2D eigenvalue weighted by Crippen LogP contribution is -2.40. The molecule has 3 heterocycles. The van der Waals surface area contributed by atoms with E-state index in [0.717, 1.165) is 24.2 Å². The molecule has 7 heteroatoms. The van der Waals surface area contributed by atoms with Gasteiger partial charge in [0, 0.05) is 38.2 Å². The zero-order valence-corrected chi connectivity index (χ0v) is 16.9. The van der Waals surface area contributed by atoms with E-state index < -0.39 is 0 Å². The van der Waals surface area contributed by atoms with Crippen molar-refractivity contribution in [2.75, 3.05) is 13.1 Å². The molecule has 2 aromatic rings. The normalized spacial score (nSPS) is 16.0. The third-order valence-electron chi connectivity index (χ3n) is 5.23. The predicted octanol–water partition coefficient (Wildman–Crippen LogP) is 2.14. The van der Waals surface area contributed by atoms with Crippen LogP contribution in [0.5, 0.6) is 0 Å². The van der Waals surface area contributed by atoms with Gasteiger partial charge in [0.15, 0.2) is 0 Å². The van der Waals surface area contributed by atoms with Crippen molar-refractivity contribution in [3.8, 4) is 0 Å². The third kappa shape index (κ3) is 4.28. The summed E-state index contributed by atoms with van der Waals surface area (Å²) >= 11 is 0. The predicted molar refractivity (Wildman–Crippen MR) is 104 cm³/mol. The number of likely N-dealkylation sites (tertiary alicyclic amines) is 1. The van der Waals surface area contributed by atoms with E-state index in [0.29, 0.717) is 31.2 Å². The molecule has 0 aliphatic carbocycles. The van der Waals surface area contributed by atoms with Crippen molar-refractivity contribution in [1.29, 1.82) is 0 Å². The van der Waals surface area contributed by atoms with Gasteiger partial charge in [0.2, 0.25) is 0 Å². The van der Waals surface area contributed by atoms with Crippen molar-refractivity contribution in [3.05, 3.63) is 45.9 Å². The summed E-state index contributed by atoms with van der Waals surface area (Å²) in [7, 11) is 1.80. The van der Waals surface area contributed by atoms with Crippen molar-refractivity contribution in [2.24, 2.45) is 13.0 Å². The highest BCUT2D eigenvalue weighted by atomic mass is 16.2. The van der Waals surface area contributed by atoms with Gasteiger partial charge in [-0.05, 0) is 31.7 Å². The Kier molecular flexibility index (Phi) is 5.22. The van der Waals surface area contributed by atoms with Gasteiger partial charge in [0.1, 0.15) is 5.69 Å². The van der Waals surface area contributed by atoms with Crippen LogP contribution in [-0.4, -0.2) is 43.2 Å². The van der Waals surface area contributed by atoms with Gasteiger partial charge in [-0.3, -0.25) is 18.8 Å². The van der Waals surface area contributed by atoms with Crippen LogP contribution in [0.3, 0.4) is 0 Å². The van der Waals surface area contributed by atoms with E-state index in [4.69, 9.17) is 0 Å². The van der Waals surface area contributed by atoms with E-state index in [2.05, 4.69) is 30.9 Å².